The number of hydrogen-bond acceptors (Lipinski definition) is 3. The van der Waals surface area contributed by atoms with Gasteiger partial charge in [0.05, 0.1) is 18.3 Å². The maximum Gasteiger partial charge on any atom is 0.191 e. The van der Waals surface area contributed by atoms with Crippen LogP contribution in [-0.4, -0.2) is 18.0 Å². The molecule has 0 fully saturated rings. The van der Waals surface area contributed by atoms with Crippen molar-refractivity contribution in [1.82, 2.24) is 15.6 Å². The molecule has 20 heavy (non-hydrogen) atoms. The van der Waals surface area contributed by atoms with Crippen LogP contribution in [0.2, 0.25) is 0 Å². The van der Waals surface area contributed by atoms with Gasteiger partial charge in [-0.15, -0.1) is 11.3 Å². The van der Waals surface area contributed by atoms with Crippen molar-refractivity contribution in [2.45, 2.75) is 26.4 Å². The number of aryl methyl sites for hydroxylation is 1. The maximum absolute atomic E-state index is 4.37. The van der Waals surface area contributed by atoms with Gasteiger partial charge in [0.15, 0.2) is 5.96 Å². The van der Waals surface area contributed by atoms with Crippen LogP contribution in [0.3, 0.4) is 0 Å². The molecule has 0 aliphatic rings. The summed E-state index contributed by atoms with van der Waals surface area (Å²) in [6.07, 6.45) is 1.81. The molecule has 1 atom stereocenters. The fraction of sp³-hybridized carbons (Fsp3) is 0.333. The first kappa shape index (κ1) is 14.5. The zero-order valence-corrected chi connectivity index (χ0v) is 12.9. The van der Waals surface area contributed by atoms with Crippen molar-refractivity contribution in [3.8, 4) is 0 Å². The van der Waals surface area contributed by atoms with E-state index in [9.17, 15) is 0 Å². The van der Waals surface area contributed by atoms with E-state index in [-0.39, 0.29) is 6.04 Å². The third-order valence-corrected chi connectivity index (χ3v) is 4.14. The van der Waals surface area contributed by atoms with Crippen molar-refractivity contribution in [3.63, 3.8) is 0 Å². The second-order valence-electron chi connectivity index (χ2n) is 4.57. The number of thiophene rings is 1. The quantitative estimate of drug-likeness (QED) is 0.672. The van der Waals surface area contributed by atoms with Gasteiger partial charge >= 0.3 is 0 Å². The molecule has 1 unspecified atom stereocenters. The molecule has 0 bridgehead atoms. The van der Waals surface area contributed by atoms with Gasteiger partial charge in [0.2, 0.25) is 0 Å². The minimum Gasteiger partial charge on any atom is -0.351 e. The van der Waals surface area contributed by atoms with Crippen molar-refractivity contribution in [3.05, 3.63) is 52.0 Å². The summed E-state index contributed by atoms with van der Waals surface area (Å²) in [5.74, 6) is 0.788. The number of aliphatic imine (C=N–C) groups is 1. The molecule has 0 radical (unpaired) electrons. The number of hydrogen-bond donors (Lipinski definition) is 2. The molecule has 5 heteroatoms. The fourth-order valence-electron chi connectivity index (χ4n) is 1.88. The third kappa shape index (κ3) is 3.81. The van der Waals surface area contributed by atoms with Gasteiger partial charge in [0.1, 0.15) is 0 Å². The van der Waals surface area contributed by atoms with Gasteiger partial charge in [0, 0.05) is 18.1 Å². The van der Waals surface area contributed by atoms with E-state index in [1.807, 2.05) is 12.3 Å². The highest BCUT2D eigenvalue weighted by Crippen LogP contribution is 2.17. The van der Waals surface area contributed by atoms with Gasteiger partial charge in [0.25, 0.3) is 0 Å². The van der Waals surface area contributed by atoms with Crippen LogP contribution < -0.4 is 10.6 Å². The topological polar surface area (TPSA) is 49.3 Å². The van der Waals surface area contributed by atoms with Crippen LogP contribution in [0.4, 0.5) is 0 Å². The molecule has 2 N–H and O–H groups in total. The molecule has 2 rings (SSSR count). The summed E-state index contributed by atoms with van der Waals surface area (Å²) in [6.45, 7) is 4.86. The molecule has 4 nitrogen and oxygen atoms in total. The predicted octanol–water partition coefficient (Wildman–Crippen LogP) is 2.88. The van der Waals surface area contributed by atoms with E-state index >= 15 is 0 Å². The van der Waals surface area contributed by atoms with E-state index in [4.69, 9.17) is 0 Å². The Morgan fingerprint density at radius 2 is 2.25 bits per heavy atom. The Morgan fingerprint density at radius 3 is 2.90 bits per heavy atom. The highest BCUT2D eigenvalue weighted by molar-refractivity contribution is 7.10. The molecular formula is C15H20N4S. The molecular weight excluding hydrogens is 268 g/mol. The molecule has 2 heterocycles. The summed E-state index contributed by atoms with van der Waals surface area (Å²) in [6, 6.07) is 8.44. The van der Waals surface area contributed by atoms with E-state index in [1.165, 1.54) is 10.4 Å². The van der Waals surface area contributed by atoms with Crippen LogP contribution in [0, 0.1) is 6.92 Å². The van der Waals surface area contributed by atoms with E-state index in [1.54, 1.807) is 18.4 Å². The Hall–Kier alpha value is -1.88. The lowest BCUT2D eigenvalue weighted by molar-refractivity contribution is 0.693. The first-order chi connectivity index (χ1) is 9.70. The van der Waals surface area contributed by atoms with E-state index in [0.29, 0.717) is 6.54 Å². The average molecular weight is 288 g/mol. The number of rotatable bonds is 4. The van der Waals surface area contributed by atoms with E-state index < -0.39 is 0 Å². The van der Waals surface area contributed by atoms with Crippen LogP contribution in [0.25, 0.3) is 0 Å². The Bertz CT molecular complexity index is 563. The monoisotopic (exact) mass is 288 g/mol. The molecule has 0 aliphatic carbocycles. The van der Waals surface area contributed by atoms with Gasteiger partial charge < -0.3 is 10.6 Å². The van der Waals surface area contributed by atoms with Gasteiger partial charge in [-0.2, -0.15) is 0 Å². The number of nitrogens with one attached hydrogen (secondary N) is 2. The zero-order chi connectivity index (χ0) is 14.4. The van der Waals surface area contributed by atoms with Crippen LogP contribution in [0.15, 0.2) is 40.8 Å². The summed E-state index contributed by atoms with van der Waals surface area (Å²) in [5, 5.41) is 8.76. The highest BCUT2D eigenvalue weighted by Gasteiger charge is 2.08. The molecule has 0 saturated heterocycles. The summed E-state index contributed by atoms with van der Waals surface area (Å²) >= 11 is 1.74. The minimum atomic E-state index is 0.242. The fourth-order valence-corrected chi connectivity index (χ4v) is 2.61. The molecule has 2 aromatic heterocycles. The van der Waals surface area contributed by atoms with Crippen molar-refractivity contribution in [2.75, 3.05) is 7.05 Å². The highest BCUT2D eigenvalue weighted by atomic mass is 32.1. The molecule has 0 aliphatic heterocycles. The largest absolute Gasteiger partial charge is 0.351 e. The molecule has 0 saturated carbocycles. The second kappa shape index (κ2) is 7.05. The standard InChI is InChI=1S/C15H20N4S/c1-11-6-4-8-17-13(11)10-18-15(16-3)19-12(2)14-7-5-9-20-14/h4-9,12H,10H2,1-3H3,(H2,16,18,19). The summed E-state index contributed by atoms with van der Waals surface area (Å²) in [4.78, 5) is 9.92. The van der Waals surface area contributed by atoms with Gasteiger partial charge in [-0.05, 0) is 36.9 Å². The molecule has 106 valence electrons. The van der Waals surface area contributed by atoms with Crippen molar-refractivity contribution >= 4 is 17.3 Å². The van der Waals surface area contributed by atoms with Gasteiger partial charge in [-0.25, -0.2) is 0 Å². The molecule has 0 amide bonds. The van der Waals surface area contributed by atoms with Gasteiger partial charge in [-0.3, -0.25) is 9.98 Å². The second-order valence-corrected chi connectivity index (χ2v) is 5.55. The van der Waals surface area contributed by atoms with Crippen molar-refractivity contribution < 1.29 is 0 Å². The smallest absolute Gasteiger partial charge is 0.191 e. The van der Waals surface area contributed by atoms with Crippen LogP contribution in [0.5, 0.6) is 0 Å². The van der Waals surface area contributed by atoms with Crippen LogP contribution in [-0.2, 0) is 6.54 Å². The SMILES string of the molecule is CN=C(NCc1ncccc1C)NC(C)c1cccs1. The van der Waals surface area contributed by atoms with Gasteiger partial charge in [-0.1, -0.05) is 12.1 Å². The first-order valence-electron chi connectivity index (χ1n) is 6.61. The van der Waals surface area contributed by atoms with E-state index in [0.717, 1.165) is 11.7 Å². The summed E-state index contributed by atoms with van der Waals surface area (Å²) in [5.41, 5.74) is 2.22. The summed E-state index contributed by atoms with van der Waals surface area (Å²) < 4.78 is 0. The number of aromatic nitrogens is 1. The molecule has 0 aromatic carbocycles. The van der Waals surface area contributed by atoms with Crippen molar-refractivity contribution in [1.29, 1.82) is 0 Å². The first-order valence-corrected chi connectivity index (χ1v) is 7.49. The van der Waals surface area contributed by atoms with Crippen molar-refractivity contribution in [2.24, 2.45) is 4.99 Å². The Kier molecular flexibility index (Phi) is 5.12. The number of nitrogens with zero attached hydrogens (tertiary/aromatic N) is 2. The zero-order valence-electron chi connectivity index (χ0n) is 12.1. The Balaban J connectivity index is 1.92. The lowest BCUT2D eigenvalue weighted by Crippen LogP contribution is -2.38. The third-order valence-electron chi connectivity index (χ3n) is 3.09. The normalized spacial score (nSPS) is 13.1. The molecule has 2 aromatic rings. The number of pyridine rings is 1. The lowest BCUT2D eigenvalue weighted by atomic mass is 10.2. The predicted molar refractivity (Wildman–Crippen MR) is 85.0 cm³/mol. The number of guanidine groups is 1. The average Bonchev–Trinajstić information content (AvgIpc) is 2.99. The molecule has 0 spiro atoms. The Morgan fingerprint density at radius 1 is 1.40 bits per heavy atom. The Labute approximate surface area is 124 Å². The van der Waals surface area contributed by atoms with Crippen LogP contribution in [0.1, 0.15) is 29.1 Å². The lowest BCUT2D eigenvalue weighted by Gasteiger charge is -2.17. The van der Waals surface area contributed by atoms with Crippen LogP contribution >= 0.6 is 11.3 Å². The maximum atomic E-state index is 4.37. The minimum absolute atomic E-state index is 0.242. The summed E-state index contributed by atoms with van der Waals surface area (Å²) in [7, 11) is 1.78. The van der Waals surface area contributed by atoms with E-state index in [2.05, 4.69) is 58.0 Å².